The van der Waals surface area contributed by atoms with E-state index in [-0.39, 0.29) is 5.91 Å². The number of benzene rings is 2. The molecule has 0 saturated heterocycles. The topological polar surface area (TPSA) is 68.8 Å². The van der Waals surface area contributed by atoms with Crippen molar-refractivity contribution in [1.82, 2.24) is 29.7 Å². The Morgan fingerprint density at radius 2 is 1.83 bits per heavy atom. The molecule has 4 aromatic rings. The number of carbonyl (C=O) groups is 1. The minimum absolute atomic E-state index is 0.194. The van der Waals surface area contributed by atoms with Gasteiger partial charge < -0.3 is 4.90 Å². The highest BCUT2D eigenvalue weighted by atomic mass is 35.5. The zero-order chi connectivity index (χ0) is 20.4. The van der Waals surface area contributed by atoms with E-state index in [9.17, 15) is 4.79 Å². The average Bonchev–Trinajstić information content (AvgIpc) is 3.35. The third-order valence-corrected chi connectivity index (χ3v) is 4.68. The predicted octanol–water partition coefficient (Wildman–Crippen LogP) is 3.69. The summed E-state index contributed by atoms with van der Waals surface area (Å²) in [5.41, 5.74) is 3.48. The number of amides is 1. The lowest BCUT2D eigenvalue weighted by Gasteiger charge is -2.14. The molecular weight excluding hydrogens is 388 g/mol. The molecule has 7 nitrogen and oxygen atoms in total. The van der Waals surface area contributed by atoms with Crippen molar-refractivity contribution >= 4 is 17.5 Å². The molecule has 0 atom stereocenters. The highest BCUT2D eigenvalue weighted by molar-refractivity contribution is 6.30. The van der Waals surface area contributed by atoms with Gasteiger partial charge in [-0.25, -0.2) is 4.68 Å². The normalized spacial score (nSPS) is 10.9. The molecule has 0 saturated carbocycles. The zero-order valence-electron chi connectivity index (χ0n) is 16.0. The quantitative estimate of drug-likeness (QED) is 0.507. The van der Waals surface area contributed by atoms with E-state index in [0.29, 0.717) is 23.0 Å². The van der Waals surface area contributed by atoms with E-state index in [0.717, 1.165) is 16.9 Å². The van der Waals surface area contributed by atoms with Crippen molar-refractivity contribution in [3.8, 4) is 11.4 Å². The summed E-state index contributed by atoms with van der Waals surface area (Å²) in [6.07, 6.45) is 3.61. The molecule has 0 aliphatic heterocycles. The second-order valence-electron chi connectivity index (χ2n) is 6.69. The van der Waals surface area contributed by atoms with Crippen molar-refractivity contribution in [3.05, 3.63) is 89.0 Å². The van der Waals surface area contributed by atoms with Gasteiger partial charge in [0.25, 0.3) is 5.91 Å². The summed E-state index contributed by atoms with van der Waals surface area (Å²) in [5, 5.41) is 13.8. The van der Waals surface area contributed by atoms with Crippen molar-refractivity contribution in [2.75, 3.05) is 7.05 Å². The summed E-state index contributed by atoms with van der Waals surface area (Å²) in [6.45, 7) is 2.18. The number of aryl methyl sites for hydroxylation is 1. The Balaban J connectivity index is 1.50. The molecule has 0 aliphatic carbocycles. The lowest BCUT2D eigenvalue weighted by molar-refractivity contribution is 0.0778. The van der Waals surface area contributed by atoms with Crippen molar-refractivity contribution in [2.24, 2.45) is 0 Å². The van der Waals surface area contributed by atoms with Crippen LogP contribution in [-0.4, -0.2) is 42.6 Å². The molecule has 1 amide bonds. The molecule has 2 heterocycles. The second-order valence-corrected chi connectivity index (χ2v) is 7.13. The number of halogens is 1. The van der Waals surface area contributed by atoms with Crippen LogP contribution in [0.1, 0.15) is 21.7 Å². The first kappa shape index (κ1) is 18.9. The van der Waals surface area contributed by atoms with Gasteiger partial charge in [0.05, 0.1) is 23.3 Å². The van der Waals surface area contributed by atoms with Crippen LogP contribution in [0.3, 0.4) is 0 Å². The van der Waals surface area contributed by atoms with Crippen LogP contribution in [0.25, 0.3) is 11.4 Å². The molecule has 0 unspecified atom stereocenters. The van der Waals surface area contributed by atoms with E-state index in [1.54, 1.807) is 29.7 Å². The molecule has 0 aliphatic rings. The van der Waals surface area contributed by atoms with Crippen LogP contribution in [0.5, 0.6) is 0 Å². The van der Waals surface area contributed by atoms with Gasteiger partial charge in [0, 0.05) is 30.4 Å². The molecule has 0 fully saturated rings. The van der Waals surface area contributed by atoms with Gasteiger partial charge in [-0.05, 0) is 37.3 Å². The number of rotatable bonds is 5. The molecular formula is C21H19ClN6O. The van der Waals surface area contributed by atoms with Crippen LogP contribution in [-0.2, 0) is 6.54 Å². The van der Waals surface area contributed by atoms with E-state index in [1.807, 2.05) is 60.8 Å². The number of para-hydroxylation sites is 1. The van der Waals surface area contributed by atoms with Crippen LogP contribution >= 0.6 is 11.6 Å². The van der Waals surface area contributed by atoms with Crippen LogP contribution < -0.4 is 0 Å². The van der Waals surface area contributed by atoms with E-state index in [2.05, 4.69) is 15.3 Å². The summed E-state index contributed by atoms with van der Waals surface area (Å²) in [5.74, 6) is -0.194. The highest BCUT2D eigenvalue weighted by Crippen LogP contribution is 2.16. The first-order valence-corrected chi connectivity index (χ1v) is 9.43. The minimum atomic E-state index is -0.194. The lowest BCUT2D eigenvalue weighted by atomic mass is 10.2. The second kappa shape index (κ2) is 7.89. The van der Waals surface area contributed by atoms with Gasteiger partial charge in [-0.15, -0.1) is 5.10 Å². The molecule has 0 bridgehead atoms. The maximum absolute atomic E-state index is 12.9. The fourth-order valence-corrected chi connectivity index (χ4v) is 3.17. The van der Waals surface area contributed by atoms with E-state index in [4.69, 9.17) is 11.6 Å². The Labute approximate surface area is 173 Å². The number of aromatic nitrogens is 5. The summed E-state index contributed by atoms with van der Waals surface area (Å²) in [4.78, 5) is 16.0. The third-order valence-electron chi connectivity index (χ3n) is 4.45. The average molecular weight is 407 g/mol. The number of hydrogen-bond donors (Lipinski definition) is 0. The molecule has 2 aromatic carbocycles. The molecule has 8 heteroatoms. The molecule has 0 spiro atoms. The van der Waals surface area contributed by atoms with Crippen LogP contribution in [0.4, 0.5) is 0 Å². The van der Waals surface area contributed by atoms with Crippen LogP contribution in [0, 0.1) is 6.92 Å². The van der Waals surface area contributed by atoms with Crippen LogP contribution in [0.15, 0.2) is 67.0 Å². The van der Waals surface area contributed by atoms with E-state index >= 15 is 0 Å². The molecule has 146 valence electrons. The highest BCUT2D eigenvalue weighted by Gasteiger charge is 2.20. The molecule has 4 rings (SSSR count). The SMILES string of the molecule is Cc1nn(-c2ccccc2)nc1C(=O)N(C)Cc1cnn(-c2cccc(Cl)c2)c1. The van der Waals surface area contributed by atoms with Crippen LogP contribution in [0.2, 0.25) is 5.02 Å². The zero-order valence-corrected chi connectivity index (χ0v) is 16.8. The fraction of sp³-hybridized carbons (Fsp3) is 0.143. The standard InChI is InChI=1S/C21H19ClN6O/c1-15-20(25-28(24-15)18-8-4-3-5-9-18)21(29)26(2)13-16-12-23-27(14-16)19-10-6-7-17(22)11-19/h3-12,14H,13H2,1-2H3. The van der Waals surface area contributed by atoms with Gasteiger partial charge in [-0.1, -0.05) is 35.9 Å². The van der Waals surface area contributed by atoms with Gasteiger partial charge in [-0.2, -0.15) is 15.0 Å². The summed E-state index contributed by atoms with van der Waals surface area (Å²) in [7, 11) is 1.74. The third kappa shape index (κ3) is 4.05. The maximum Gasteiger partial charge on any atom is 0.276 e. The van der Waals surface area contributed by atoms with Gasteiger partial charge in [0.15, 0.2) is 5.69 Å². The molecule has 0 N–H and O–H groups in total. The summed E-state index contributed by atoms with van der Waals surface area (Å²) < 4.78 is 1.73. The Morgan fingerprint density at radius 1 is 1.07 bits per heavy atom. The molecule has 0 radical (unpaired) electrons. The number of carbonyl (C=O) groups excluding carboxylic acids is 1. The monoisotopic (exact) mass is 406 g/mol. The van der Waals surface area contributed by atoms with E-state index < -0.39 is 0 Å². The van der Waals surface area contributed by atoms with Crippen molar-refractivity contribution in [2.45, 2.75) is 13.5 Å². The van der Waals surface area contributed by atoms with E-state index in [1.165, 1.54) is 4.80 Å². The largest absolute Gasteiger partial charge is 0.336 e. The lowest BCUT2D eigenvalue weighted by Crippen LogP contribution is -2.27. The van der Waals surface area contributed by atoms with Crippen molar-refractivity contribution in [3.63, 3.8) is 0 Å². The number of hydrogen-bond acceptors (Lipinski definition) is 4. The van der Waals surface area contributed by atoms with Gasteiger partial charge in [0.1, 0.15) is 0 Å². The molecule has 29 heavy (non-hydrogen) atoms. The summed E-state index contributed by atoms with van der Waals surface area (Å²) in [6, 6.07) is 16.9. The Morgan fingerprint density at radius 3 is 2.59 bits per heavy atom. The van der Waals surface area contributed by atoms with Crippen molar-refractivity contribution in [1.29, 1.82) is 0 Å². The van der Waals surface area contributed by atoms with Crippen molar-refractivity contribution < 1.29 is 4.79 Å². The maximum atomic E-state index is 12.9. The smallest absolute Gasteiger partial charge is 0.276 e. The summed E-state index contributed by atoms with van der Waals surface area (Å²) >= 11 is 6.05. The van der Waals surface area contributed by atoms with Gasteiger partial charge >= 0.3 is 0 Å². The predicted molar refractivity (Wildman–Crippen MR) is 110 cm³/mol. The Hall–Kier alpha value is -3.45. The Kier molecular flexibility index (Phi) is 5.14. The number of nitrogens with zero attached hydrogens (tertiary/aromatic N) is 6. The minimum Gasteiger partial charge on any atom is -0.336 e. The van der Waals surface area contributed by atoms with Gasteiger partial charge in [0.2, 0.25) is 0 Å². The first-order chi connectivity index (χ1) is 14.0. The molecule has 2 aromatic heterocycles. The Bertz CT molecular complexity index is 1150. The fourth-order valence-electron chi connectivity index (χ4n) is 2.98. The van der Waals surface area contributed by atoms with Gasteiger partial charge in [-0.3, -0.25) is 4.79 Å². The first-order valence-electron chi connectivity index (χ1n) is 9.05.